The molecule has 0 saturated carbocycles. The van der Waals surface area contributed by atoms with E-state index in [-0.39, 0.29) is 23.6 Å². The molecule has 5 heterocycles. The van der Waals surface area contributed by atoms with Crippen molar-refractivity contribution >= 4 is 17.6 Å². The lowest BCUT2D eigenvalue weighted by molar-refractivity contribution is -0.127. The molecule has 4 aromatic heterocycles. The number of nitrogens with zero attached hydrogens (tertiary/aromatic N) is 7. The van der Waals surface area contributed by atoms with E-state index >= 15 is 0 Å². The minimum Gasteiger partial charge on any atom is -0.337 e. The van der Waals surface area contributed by atoms with Crippen molar-refractivity contribution in [3.63, 3.8) is 0 Å². The van der Waals surface area contributed by atoms with Crippen LogP contribution in [0.4, 0.5) is 5.82 Å². The van der Waals surface area contributed by atoms with Crippen molar-refractivity contribution in [1.82, 2.24) is 40.1 Å². The molecule has 1 saturated heterocycles. The lowest BCUT2D eigenvalue weighted by Crippen LogP contribution is -2.40. The first-order valence-corrected chi connectivity index (χ1v) is 11.2. The molecular weight excluding hydrogens is 446 g/mol. The number of piperidine rings is 1. The van der Waals surface area contributed by atoms with Crippen LogP contribution in [0, 0.1) is 0 Å². The fourth-order valence-corrected chi connectivity index (χ4v) is 4.00. The van der Waals surface area contributed by atoms with E-state index in [1.807, 2.05) is 12.3 Å². The second-order valence-electron chi connectivity index (χ2n) is 8.13. The van der Waals surface area contributed by atoms with Gasteiger partial charge in [-0.05, 0) is 49.2 Å². The molecule has 0 unspecified atom stereocenters. The third kappa shape index (κ3) is 4.83. The molecule has 0 aromatic carbocycles. The Morgan fingerprint density at radius 1 is 1.17 bits per heavy atom. The number of rotatable bonds is 6. The van der Waals surface area contributed by atoms with Crippen LogP contribution in [0.15, 0.2) is 67.6 Å². The maximum atomic E-state index is 12.7. The predicted molar refractivity (Wildman–Crippen MR) is 128 cm³/mol. The fourth-order valence-electron chi connectivity index (χ4n) is 4.00. The molecule has 11 nitrogen and oxygen atoms in total. The number of nitrogens with one attached hydrogen (secondary N) is 2. The van der Waals surface area contributed by atoms with Crippen molar-refractivity contribution in [2.75, 3.05) is 18.4 Å². The van der Waals surface area contributed by atoms with E-state index in [1.165, 1.54) is 6.08 Å². The van der Waals surface area contributed by atoms with Crippen molar-refractivity contribution in [2.24, 2.45) is 0 Å². The molecule has 0 spiro atoms. The summed E-state index contributed by atoms with van der Waals surface area (Å²) in [6.07, 6.45) is 8.27. The van der Waals surface area contributed by atoms with Gasteiger partial charge in [0.2, 0.25) is 5.91 Å². The topological polar surface area (TPSA) is 135 Å². The van der Waals surface area contributed by atoms with E-state index in [4.69, 9.17) is 0 Å². The zero-order valence-corrected chi connectivity index (χ0v) is 18.8. The number of H-pyrrole nitrogens is 1. The van der Waals surface area contributed by atoms with Gasteiger partial charge in [-0.3, -0.25) is 14.7 Å². The standard InChI is InChI=1S/C24H23N9O2/c1-2-23(34)32-12-4-5-17(14-32)33-15-21(30-31-33)16-8-9-22(25-13-16)28-24(35)20-7-3-6-18(27-20)19-10-11-26-29-19/h2-3,6-11,13,15,17H,1,4-5,12,14H2,(H,26,29)(H,25,28,35)/t17-/m0/s1. The minimum atomic E-state index is -0.367. The number of hydrogen-bond acceptors (Lipinski definition) is 7. The van der Waals surface area contributed by atoms with Crippen LogP contribution in [0.2, 0.25) is 0 Å². The zero-order valence-electron chi connectivity index (χ0n) is 18.8. The molecule has 2 N–H and O–H groups in total. The van der Waals surface area contributed by atoms with Crippen LogP contribution >= 0.6 is 0 Å². The molecule has 11 heteroatoms. The Bertz CT molecular complexity index is 1350. The number of pyridine rings is 2. The summed E-state index contributed by atoms with van der Waals surface area (Å²) in [4.78, 5) is 35.1. The number of anilines is 1. The van der Waals surface area contributed by atoms with Gasteiger partial charge in [0.1, 0.15) is 17.2 Å². The third-order valence-electron chi connectivity index (χ3n) is 5.83. The fraction of sp³-hybridized carbons (Fsp3) is 0.208. The van der Waals surface area contributed by atoms with Gasteiger partial charge in [-0.25, -0.2) is 14.6 Å². The molecule has 1 fully saturated rings. The Morgan fingerprint density at radius 2 is 2.09 bits per heavy atom. The van der Waals surface area contributed by atoms with Crippen LogP contribution in [0.25, 0.3) is 22.6 Å². The maximum Gasteiger partial charge on any atom is 0.275 e. The Labute approximate surface area is 200 Å². The minimum absolute atomic E-state index is 0.0606. The summed E-state index contributed by atoms with van der Waals surface area (Å²) in [7, 11) is 0. The molecule has 1 aliphatic heterocycles. The molecule has 5 rings (SSSR count). The summed E-state index contributed by atoms with van der Waals surface area (Å²) in [6, 6.07) is 10.6. The van der Waals surface area contributed by atoms with E-state index in [0.717, 1.165) is 30.6 Å². The highest BCUT2D eigenvalue weighted by atomic mass is 16.2. The van der Waals surface area contributed by atoms with Crippen LogP contribution in [0.1, 0.15) is 29.4 Å². The Balaban J connectivity index is 1.25. The summed E-state index contributed by atoms with van der Waals surface area (Å²) in [5.74, 6) is -0.0423. The lowest BCUT2D eigenvalue weighted by Gasteiger charge is -2.31. The van der Waals surface area contributed by atoms with Crippen molar-refractivity contribution < 1.29 is 9.59 Å². The maximum absolute atomic E-state index is 12.7. The smallest absolute Gasteiger partial charge is 0.275 e. The SMILES string of the molecule is C=CC(=O)N1CCC[C@H](n2cc(-c3ccc(NC(=O)c4cccc(-c5ccn[nH]5)n4)nc3)nn2)C1. The van der Waals surface area contributed by atoms with Gasteiger partial charge in [0.25, 0.3) is 5.91 Å². The lowest BCUT2D eigenvalue weighted by atomic mass is 10.1. The van der Waals surface area contributed by atoms with E-state index in [2.05, 4.69) is 42.4 Å². The first-order chi connectivity index (χ1) is 17.1. The number of amides is 2. The highest BCUT2D eigenvalue weighted by molar-refractivity contribution is 6.02. The molecule has 0 radical (unpaired) electrons. The van der Waals surface area contributed by atoms with Crippen LogP contribution < -0.4 is 5.32 Å². The normalized spacial score (nSPS) is 15.5. The van der Waals surface area contributed by atoms with Crippen molar-refractivity contribution in [2.45, 2.75) is 18.9 Å². The Kier molecular flexibility index (Phi) is 6.12. The number of likely N-dealkylation sites (tertiary alicyclic amines) is 1. The monoisotopic (exact) mass is 469 g/mol. The Morgan fingerprint density at radius 3 is 2.86 bits per heavy atom. The van der Waals surface area contributed by atoms with Gasteiger partial charge in [0, 0.05) is 31.0 Å². The molecule has 176 valence electrons. The first-order valence-electron chi connectivity index (χ1n) is 11.2. The highest BCUT2D eigenvalue weighted by Crippen LogP contribution is 2.24. The summed E-state index contributed by atoms with van der Waals surface area (Å²) >= 11 is 0. The third-order valence-corrected chi connectivity index (χ3v) is 5.83. The Hall–Kier alpha value is -4.67. The van der Waals surface area contributed by atoms with Crippen LogP contribution in [0.3, 0.4) is 0 Å². The van der Waals surface area contributed by atoms with E-state index in [0.29, 0.717) is 23.8 Å². The number of carbonyl (C=O) groups excluding carboxylic acids is 2. The van der Waals surface area contributed by atoms with Crippen LogP contribution in [-0.4, -0.2) is 65.0 Å². The van der Waals surface area contributed by atoms with Crippen molar-refractivity contribution in [1.29, 1.82) is 0 Å². The molecule has 1 atom stereocenters. The molecule has 35 heavy (non-hydrogen) atoms. The van der Waals surface area contributed by atoms with E-state index in [1.54, 1.807) is 52.3 Å². The van der Waals surface area contributed by atoms with Crippen molar-refractivity contribution in [3.05, 3.63) is 73.3 Å². The second-order valence-corrected chi connectivity index (χ2v) is 8.13. The van der Waals surface area contributed by atoms with Gasteiger partial charge >= 0.3 is 0 Å². The molecule has 1 aliphatic rings. The summed E-state index contributed by atoms with van der Waals surface area (Å²) in [5, 5.41) is 18.0. The molecule has 4 aromatic rings. The largest absolute Gasteiger partial charge is 0.337 e. The van der Waals surface area contributed by atoms with Gasteiger partial charge in [-0.15, -0.1) is 5.10 Å². The average Bonchev–Trinajstić information content (AvgIpc) is 3.62. The van der Waals surface area contributed by atoms with Gasteiger partial charge < -0.3 is 10.2 Å². The highest BCUT2D eigenvalue weighted by Gasteiger charge is 2.24. The van der Waals surface area contributed by atoms with Crippen LogP contribution in [-0.2, 0) is 4.79 Å². The molecular formula is C24H23N9O2. The first kappa shape index (κ1) is 22.1. The van der Waals surface area contributed by atoms with Crippen molar-refractivity contribution in [3.8, 4) is 22.6 Å². The van der Waals surface area contributed by atoms with Gasteiger partial charge in [-0.2, -0.15) is 5.10 Å². The quantitative estimate of drug-likeness (QED) is 0.415. The summed E-state index contributed by atoms with van der Waals surface area (Å²) < 4.78 is 1.80. The number of hydrogen-bond donors (Lipinski definition) is 2. The summed E-state index contributed by atoms with van der Waals surface area (Å²) in [5.41, 5.74) is 3.04. The van der Waals surface area contributed by atoms with Gasteiger partial charge in [0.15, 0.2) is 0 Å². The van der Waals surface area contributed by atoms with Gasteiger partial charge in [-0.1, -0.05) is 17.9 Å². The summed E-state index contributed by atoms with van der Waals surface area (Å²) in [6.45, 7) is 4.87. The zero-order chi connectivity index (χ0) is 24.2. The number of carbonyl (C=O) groups is 2. The molecule has 0 aliphatic carbocycles. The predicted octanol–water partition coefficient (Wildman–Crippen LogP) is 2.73. The molecule has 0 bridgehead atoms. The molecule has 2 amide bonds. The number of aromatic nitrogens is 7. The van der Waals surface area contributed by atoms with E-state index in [9.17, 15) is 9.59 Å². The second kappa shape index (κ2) is 9.67. The van der Waals surface area contributed by atoms with Crippen LogP contribution in [0.5, 0.6) is 0 Å². The number of aromatic amines is 1. The van der Waals surface area contributed by atoms with Gasteiger partial charge in [0.05, 0.1) is 23.6 Å². The van der Waals surface area contributed by atoms with E-state index < -0.39 is 0 Å². The average molecular weight is 470 g/mol.